The fourth-order valence-electron chi connectivity index (χ4n) is 1.61. The quantitative estimate of drug-likeness (QED) is 0.911. The molecule has 1 amide bonds. The maximum Gasteiger partial charge on any atom is 0.416 e. The highest BCUT2D eigenvalue weighted by atomic mass is 19.4. The van der Waals surface area contributed by atoms with Crippen molar-refractivity contribution in [1.29, 1.82) is 0 Å². The van der Waals surface area contributed by atoms with Crippen LogP contribution >= 0.6 is 0 Å². The van der Waals surface area contributed by atoms with Crippen molar-refractivity contribution in [1.82, 2.24) is 0 Å². The van der Waals surface area contributed by atoms with E-state index in [-0.39, 0.29) is 11.3 Å². The van der Waals surface area contributed by atoms with Crippen LogP contribution in [0.25, 0.3) is 0 Å². The Balaban J connectivity index is 2.24. The van der Waals surface area contributed by atoms with Gasteiger partial charge >= 0.3 is 12.1 Å². The van der Waals surface area contributed by atoms with Crippen molar-refractivity contribution in [3.8, 4) is 0 Å². The number of anilines is 1. The number of carbonyl (C=O) groups is 2. The topological polar surface area (TPSA) is 79.5 Å². The predicted molar refractivity (Wildman–Crippen MR) is 65.1 cm³/mol. The summed E-state index contributed by atoms with van der Waals surface area (Å²) in [6.45, 7) is 0. The molecule has 0 aliphatic rings. The Bertz CT molecular complexity index is 691. The first-order valence-electron chi connectivity index (χ1n) is 5.58. The Morgan fingerprint density at radius 2 is 1.90 bits per heavy atom. The van der Waals surface area contributed by atoms with Crippen molar-refractivity contribution in [2.75, 3.05) is 5.32 Å². The molecule has 0 aliphatic carbocycles. The number of hydrogen-bond acceptors (Lipinski definition) is 3. The van der Waals surface area contributed by atoms with Crippen LogP contribution in [-0.2, 0) is 6.18 Å². The van der Waals surface area contributed by atoms with Gasteiger partial charge in [0.25, 0.3) is 5.91 Å². The van der Waals surface area contributed by atoms with E-state index < -0.39 is 29.4 Å². The molecule has 0 bridgehead atoms. The first kappa shape index (κ1) is 14.6. The van der Waals surface area contributed by atoms with Gasteiger partial charge in [-0.3, -0.25) is 4.79 Å². The van der Waals surface area contributed by atoms with E-state index >= 15 is 0 Å². The summed E-state index contributed by atoms with van der Waals surface area (Å²) in [5.74, 6) is -2.81. The van der Waals surface area contributed by atoms with E-state index in [0.29, 0.717) is 0 Å². The molecule has 8 heteroatoms. The first-order chi connectivity index (χ1) is 9.79. The SMILES string of the molecule is O=C(O)c1ccoc1C(=O)Nc1cccc(C(F)(F)F)c1. The molecular weight excluding hydrogens is 291 g/mol. The van der Waals surface area contributed by atoms with Gasteiger partial charge in [-0.05, 0) is 24.3 Å². The number of hydrogen-bond donors (Lipinski definition) is 2. The fourth-order valence-corrected chi connectivity index (χ4v) is 1.61. The van der Waals surface area contributed by atoms with Gasteiger partial charge in [-0.25, -0.2) is 4.79 Å². The van der Waals surface area contributed by atoms with Crippen LogP contribution in [0.1, 0.15) is 26.5 Å². The number of aromatic carboxylic acids is 1. The molecule has 1 aromatic carbocycles. The zero-order valence-corrected chi connectivity index (χ0v) is 10.3. The normalized spacial score (nSPS) is 11.2. The largest absolute Gasteiger partial charge is 0.478 e. The highest BCUT2D eigenvalue weighted by Crippen LogP contribution is 2.30. The second kappa shape index (κ2) is 5.31. The summed E-state index contributed by atoms with van der Waals surface area (Å²) in [7, 11) is 0. The number of nitrogens with one attached hydrogen (secondary N) is 1. The van der Waals surface area contributed by atoms with Gasteiger partial charge in [-0.1, -0.05) is 6.07 Å². The van der Waals surface area contributed by atoms with Crippen LogP contribution in [0.2, 0.25) is 0 Å². The molecule has 1 aromatic heterocycles. The van der Waals surface area contributed by atoms with Gasteiger partial charge in [0.05, 0.1) is 11.8 Å². The molecule has 0 spiro atoms. The second-order valence-electron chi connectivity index (χ2n) is 4.00. The number of carbonyl (C=O) groups excluding carboxylic acids is 1. The van der Waals surface area contributed by atoms with Crippen molar-refractivity contribution < 1.29 is 32.3 Å². The molecule has 2 N–H and O–H groups in total. The molecule has 5 nitrogen and oxygen atoms in total. The van der Waals surface area contributed by atoms with Gasteiger partial charge in [-0.2, -0.15) is 13.2 Å². The maximum absolute atomic E-state index is 12.5. The number of rotatable bonds is 3. The maximum atomic E-state index is 12.5. The minimum absolute atomic E-state index is 0.123. The lowest BCUT2D eigenvalue weighted by molar-refractivity contribution is -0.137. The minimum Gasteiger partial charge on any atom is -0.478 e. The van der Waals surface area contributed by atoms with E-state index in [0.717, 1.165) is 30.5 Å². The molecule has 21 heavy (non-hydrogen) atoms. The summed E-state index contributed by atoms with van der Waals surface area (Å²) in [6.07, 6.45) is -3.54. The Morgan fingerprint density at radius 3 is 2.52 bits per heavy atom. The molecule has 2 rings (SSSR count). The Kier molecular flexibility index (Phi) is 3.70. The van der Waals surface area contributed by atoms with Gasteiger partial charge < -0.3 is 14.8 Å². The average molecular weight is 299 g/mol. The highest BCUT2D eigenvalue weighted by molar-refractivity contribution is 6.08. The number of amides is 1. The van der Waals surface area contributed by atoms with Crippen molar-refractivity contribution in [2.24, 2.45) is 0 Å². The van der Waals surface area contributed by atoms with Gasteiger partial charge in [0.1, 0.15) is 5.56 Å². The number of carboxylic acids is 1. The lowest BCUT2D eigenvalue weighted by Crippen LogP contribution is -2.15. The molecule has 2 aromatic rings. The smallest absolute Gasteiger partial charge is 0.416 e. The van der Waals surface area contributed by atoms with Crippen LogP contribution < -0.4 is 5.32 Å². The third kappa shape index (κ3) is 3.22. The highest BCUT2D eigenvalue weighted by Gasteiger charge is 2.30. The predicted octanol–water partition coefficient (Wildman–Crippen LogP) is 3.25. The van der Waals surface area contributed by atoms with Crippen LogP contribution in [0.4, 0.5) is 18.9 Å². The van der Waals surface area contributed by atoms with E-state index in [9.17, 15) is 22.8 Å². The van der Waals surface area contributed by atoms with Crippen LogP contribution in [0, 0.1) is 0 Å². The van der Waals surface area contributed by atoms with Gasteiger partial charge in [0.2, 0.25) is 5.76 Å². The lowest BCUT2D eigenvalue weighted by Gasteiger charge is -2.09. The summed E-state index contributed by atoms with van der Waals surface area (Å²) in [5.41, 5.74) is -1.43. The number of alkyl halides is 3. The van der Waals surface area contributed by atoms with Crippen LogP contribution in [0.15, 0.2) is 41.0 Å². The first-order valence-corrected chi connectivity index (χ1v) is 5.58. The van der Waals surface area contributed by atoms with E-state index in [1.165, 1.54) is 6.07 Å². The molecule has 0 radical (unpaired) electrons. The second-order valence-corrected chi connectivity index (χ2v) is 4.00. The molecule has 0 atom stereocenters. The molecule has 110 valence electrons. The Hall–Kier alpha value is -2.77. The molecule has 0 unspecified atom stereocenters. The Labute approximate surface area is 116 Å². The molecule has 1 heterocycles. The standard InChI is InChI=1S/C13H8F3NO4/c14-13(15,16)7-2-1-3-8(6-7)17-11(18)10-9(12(19)20)4-5-21-10/h1-6H,(H,17,18)(H,19,20). The molecule has 0 saturated carbocycles. The van der Waals surface area contributed by atoms with Gasteiger partial charge in [-0.15, -0.1) is 0 Å². The summed E-state index contributed by atoms with van der Waals surface area (Å²) < 4.78 is 42.4. The molecular formula is C13H8F3NO4. The van der Waals surface area contributed by atoms with Gasteiger partial charge in [0, 0.05) is 5.69 Å². The van der Waals surface area contributed by atoms with Crippen molar-refractivity contribution >= 4 is 17.6 Å². The number of halogens is 3. The third-order valence-corrected chi connectivity index (χ3v) is 2.55. The minimum atomic E-state index is -4.54. The summed E-state index contributed by atoms with van der Waals surface area (Å²) in [4.78, 5) is 22.6. The van der Waals surface area contributed by atoms with Crippen LogP contribution in [-0.4, -0.2) is 17.0 Å². The zero-order chi connectivity index (χ0) is 15.6. The van der Waals surface area contributed by atoms with E-state index in [1.54, 1.807) is 0 Å². The third-order valence-electron chi connectivity index (χ3n) is 2.55. The van der Waals surface area contributed by atoms with Crippen molar-refractivity contribution in [3.05, 3.63) is 53.5 Å². The van der Waals surface area contributed by atoms with Crippen LogP contribution in [0.3, 0.4) is 0 Å². The summed E-state index contributed by atoms with van der Waals surface area (Å²) in [5, 5.41) is 11.0. The van der Waals surface area contributed by atoms with Crippen molar-refractivity contribution in [3.63, 3.8) is 0 Å². The zero-order valence-electron chi connectivity index (χ0n) is 10.3. The number of furan rings is 1. The monoisotopic (exact) mass is 299 g/mol. The fraction of sp³-hybridized carbons (Fsp3) is 0.0769. The van der Waals surface area contributed by atoms with Crippen LogP contribution in [0.5, 0.6) is 0 Å². The Morgan fingerprint density at radius 1 is 1.19 bits per heavy atom. The number of carboxylic acid groups (broad SMARTS) is 1. The number of benzene rings is 1. The van der Waals surface area contributed by atoms with E-state index in [1.807, 2.05) is 0 Å². The van der Waals surface area contributed by atoms with E-state index in [2.05, 4.69) is 5.32 Å². The van der Waals surface area contributed by atoms with E-state index in [4.69, 9.17) is 9.52 Å². The summed E-state index contributed by atoms with van der Waals surface area (Å²) in [6, 6.07) is 5.03. The molecule has 0 aliphatic heterocycles. The van der Waals surface area contributed by atoms with Gasteiger partial charge in [0.15, 0.2) is 0 Å². The van der Waals surface area contributed by atoms with Crippen molar-refractivity contribution in [2.45, 2.75) is 6.18 Å². The lowest BCUT2D eigenvalue weighted by atomic mass is 10.2. The molecule has 0 saturated heterocycles. The summed E-state index contributed by atoms with van der Waals surface area (Å²) >= 11 is 0. The molecule has 0 fully saturated rings. The average Bonchev–Trinajstić information content (AvgIpc) is 2.87.